The molecule has 2 atom stereocenters. The molecule has 7 nitrogen and oxygen atoms in total. The Morgan fingerprint density at radius 3 is 2.63 bits per heavy atom. The highest BCUT2D eigenvalue weighted by Gasteiger charge is 2.23. The number of nitrogens with zero attached hydrogens (tertiary/aromatic N) is 2. The zero-order chi connectivity index (χ0) is 27.1. The Kier molecular flexibility index (Phi) is 9.34. The van der Waals surface area contributed by atoms with Crippen LogP contribution in [0, 0.1) is 5.92 Å². The van der Waals surface area contributed by atoms with E-state index in [1.54, 1.807) is 6.20 Å². The predicted octanol–water partition coefficient (Wildman–Crippen LogP) is 5.07. The Morgan fingerprint density at radius 2 is 1.89 bits per heavy atom. The molecule has 1 aliphatic heterocycles. The van der Waals surface area contributed by atoms with Crippen molar-refractivity contribution in [2.45, 2.75) is 57.8 Å². The van der Waals surface area contributed by atoms with Crippen LogP contribution < -0.4 is 16.4 Å². The molecule has 202 valence electrons. The number of piperidine rings is 1. The van der Waals surface area contributed by atoms with E-state index in [0.29, 0.717) is 30.4 Å². The summed E-state index contributed by atoms with van der Waals surface area (Å²) in [5.74, 6) is 0.952. The number of carbonyl (C=O) groups is 2. The van der Waals surface area contributed by atoms with Crippen molar-refractivity contribution in [1.82, 2.24) is 15.2 Å². The van der Waals surface area contributed by atoms with E-state index in [1.807, 2.05) is 13.0 Å². The number of hydrogen-bond donors (Lipinski definition) is 3. The van der Waals surface area contributed by atoms with Gasteiger partial charge in [-0.2, -0.15) is 0 Å². The maximum atomic E-state index is 13.7. The van der Waals surface area contributed by atoms with Gasteiger partial charge in [0.25, 0.3) is 0 Å². The second-order valence-electron chi connectivity index (χ2n) is 10.8. The van der Waals surface area contributed by atoms with Crippen molar-refractivity contribution in [1.29, 1.82) is 0 Å². The Bertz CT molecular complexity index is 1250. The number of anilines is 2. The number of benzene rings is 2. The predicted molar refractivity (Wildman–Crippen MR) is 155 cm³/mol. The zero-order valence-electron chi connectivity index (χ0n) is 22.9. The highest BCUT2D eigenvalue weighted by Crippen LogP contribution is 2.33. The molecule has 2 aromatic carbocycles. The van der Waals surface area contributed by atoms with E-state index in [2.05, 4.69) is 70.9 Å². The lowest BCUT2D eigenvalue weighted by Gasteiger charge is -2.29. The number of nitrogens with two attached hydrogens (primary N) is 1. The summed E-state index contributed by atoms with van der Waals surface area (Å²) in [4.78, 5) is 31.1. The molecule has 1 saturated heterocycles. The van der Waals surface area contributed by atoms with Crippen LogP contribution in [0.15, 0.2) is 48.7 Å². The fourth-order valence-corrected chi connectivity index (χ4v) is 5.45. The van der Waals surface area contributed by atoms with E-state index in [9.17, 15) is 9.59 Å². The molecular formula is C31H41N5O2. The number of nitrogens with one attached hydrogen (secondary N) is 2. The quantitative estimate of drug-likeness (QED) is 0.310. The summed E-state index contributed by atoms with van der Waals surface area (Å²) in [6.45, 7) is 6.96. The van der Waals surface area contributed by atoms with Crippen molar-refractivity contribution >= 4 is 34.6 Å². The molecule has 1 unspecified atom stereocenters. The number of aryl methyl sites for hydroxylation is 1. The minimum absolute atomic E-state index is 0.0556. The first-order chi connectivity index (χ1) is 18.4. The Hall–Kier alpha value is -3.45. The highest BCUT2D eigenvalue weighted by atomic mass is 16.2. The minimum atomic E-state index is -0.326. The summed E-state index contributed by atoms with van der Waals surface area (Å²) < 4.78 is 0. The molecule has 1 aliphatic rings. The van der Waals surface area contributed by atoms with Gasteiger partial charge in [-0.3, -0.25) is 9.59 Å². The normalized spacial score (nSPS) is 16.2. The van der Waals surface area contributed by atoms with Crippen molar-refractivity contribution in [3.63, 3.8) is 0 Å². The molecule has 0 spiro atoms. The summed E-state index contributed by atoms with van der Waals surface area (Å²) in [5, 5.41) is 8.21. The van der Waals surface area contributed by atoms with Crippen LogP contribution in [0.4, 0.5) is 11.5 Å². The average Bonchev–Trinajstić information content (AvgIpc) is 2.93. The monoisotopic (exact) mass is 515 g/mol. The largest absolute Gasteiger partial charge is 0.383 e. The van der Waals surface area contributed by atoms with Crippen LogP contribution in [0.2, 0.25) is 0 Å². The van der Waals surface area contributed by atoms with Crippen molar-refractivity contribution in [2.75, 3.05) is 37.7 Å². The maximum absolute atomic E-state index is 13.7. The molecule has 0 bridgehead atoms. The fraction of sp³-hybridized carbons (Fsp3) is 0.452. The standard InChI is InChI=1S/C31H41N5O2/c1-4-22-17-28(19-34-30(22)32)35-31(38)29(10-5-21(2)18-33-20-37)26-9-7-23-6-8-25(15-27(23)16-26)24-11-13-36(3)14-12-24/h6-9,15-17,19-21,24,29H,4-5,10-14,18H2,1-3H3,(H2,32,34)(H,33,37)(H,35,38)/t21?,29-/m1/s1. The Morgan fingerprint density at radius 1 is 1.13 bits per heavy atom. The number of nitrogen functional groups attached to an aromatic ring is 1. The van der Waals surface area contributed by atoms with Crippen LogP contribution in [0.25, 0.3) is 10.8 Å². The third kappa shape index (κ3) is 6.90. The molecule has 0 saturated carbocycles. The SMILES string of the molecule is CCc1cc(NC(=O)[C@H](CCC(C)CNC=O)c2ccc3ccc(C4CCN(C)CC4)cc3c2)cnc1N. The summed E-state index contributed by atoms with van der Waals surface area (Å²) in [5.41, 5.74) is 9.94. The first-order valence-corrected chi connectivity index (χ1v) is 13.8. The summed E-state index contributed by atoms with van der Waals surface area (Å²) in [6.07, 6.45) is 6.93. The van der Waals surface area contributed by atoms with Crippen molar-refractivity contribution < 1.29 is 9.59 Å². The molecule has 0 radical (unpaired) electrons. The van der Waals surface area contributed by atoms with E-state index >= 15 is 0 Å². The lowest BCUT2D eigenvalue weighted by atomic mass is 9.86. The lowest BCUT2D eigenvalue weighted by molar-refractivity contribution is -0.118. The first kappa shape index (κ1) is 27.6. The van der Waals surface area contributed by atoms with Crippen LogP contribution >= 0.6 is 0 Å². The molecular weight excluding hydrogens is 474 g/mol. The number of amides is 2. The number of aromatic nitrogens is 1. The third-order valence-corrected chi connectivity index (χ3v) is 7.94. The van der Waals surface area contributed by atoms with Gasteiger partial charge < -0.3 is 21.3 Å². The van der Waals surface area contributed by atoms with Gasteiger partial charge in [-0.15, -0.1) is 0 Å². The maximum Gasteiger partial charge on any atom is 0.231 e. The summed E-state index contributed by atoms with van der Waals surface area (Å²) in [6, 6.07) is 15.1. The van der Waals surface area contributed by atoms with Gasteiger partial charge in [0.05, 0.1) is 17.8 Å². The van der Waals surface area contributed by atoms with Gasteiger partial charge >= 0.3 is 0 Å². The topological polar surface area (TPSA) is 100 Å². The van der Waals surface area contributed by atoms with Crippen LogP contribution in [0.5, 0.6) is 0 Å². The number of fused-ring (bicyclic) bond motifs is 1. The molecule has 3 aromatic rings. The van der Waals surface area contributed by atoms with E-state index in [4.69, 9.17) is 5.73 Å². The van der Waals surface area contributed by atoms with Gasteiger partial charge in [-0.25, -0.2) is 4.98 Å². The van der Waals surface area contributed by atoms with Gasteiger partial charge in [0.2, 0.25) is 12.3 Å². The lowest BCUT2D eigenvalue weighted by Crippen LogP contribution is -2.29. The molecule has 7 heteroatoms. The number of carbonyl (C=O) groups excluding carboxylic acids is 2. The molecule has 4 N–H and O–H groups in total. The van der Waals surface area contributed by atoms with Gasteiger partial charge in [0, 0.05) is 6.54 Å². The number of pyridine rings is 1. The average molecular weight is 516 g/mol. The van der Waals surface area contributed by atoms with Gasteiger partial charge in [0.15, 0.2) is 0 Å². The zero-order valence-corrected chi connectivity index (χ0v) is 22.9. The molecule has 4 rings (SSSR count). The van der Waals surface area contributed by atoms with Gasteiger partial charge in [-0.05, 0) is 97.6 Å². The van der Waals surface area contributed by atoms with Gasteiger partial charge in [-0.1, -0.05) is 50.2 Å². The van der Waals surface area contributed by atoms with Crippen LogP contribution in [-0.2, 0) is 16.0 Å². The number of hydrogen-bond acceptors (Lipinski definition) is 5. The van der Waals surface area contributed by atoms with Crippen molar-refractivity contribution in [2.24, 2.45) is 5.92 Å². The first-order valence-electron chi connectivity index (χ1n) is 13.8. The smallest absolute Gasteiger partial charge is 0.231 e. The molecule has 2 amide bonds. The molecule has 2 heterocycles. The second-order valence-corrected chi connectivity index (χ2v) is 10.8. The highest BCUT2D eigenvalue weighted by molar-refractivity contribution is 5.97. The van der Waals surface area contributed by atoms with E-state index < -0.39 is 0 Å². The molecule has 0 aliphatic carbocycles. The van der Waals surface area contributed by atoms with Gasteiger partial charge in [0.1, 0.15) is 5.82 Å². The van der Waals surface area contributed by atoms with Crippen molar-refractivity contribution in [3.05, 3.63) is 65.4 Å². The van der Waals surface area contributed by atoms with E-state index in [-0.39, 0.29) is 17.7 Å². The van der Waals surface area contributed by atoms with Crippen LogP contribution in [0.3, 0.4) is 0 Å². The minimum Gasteiger partial charge on any atom is -0.383 e. The van der Waals surface area contributed by atoms with Crippen LogP contribution in [-0.4, -0.2) is 48.9 Å². The molecule has 1 fully saturated rings. The second kappa shape index (κ2) is 12.9. The summed E-state index contributed by atoms with van der Waals surface area (Å²) in [7, 11) is 2.19. The van der Waals surface area contributed by atoms with E-state index in [0.717, 1.165) is 43.5 Å². The Balaban J connectivity index is 1.60. The third-order valence-electron chi connectivity index (χ3n) is 7.94. The number of likely N-dealkylation sites (tertiary alicyclic amines) is 1. The molecule has 38 heavy (non-hydrogen) atoms. The van der Waals surface area contributed by atoms with Crippen molar-refractivity contribution in [3.8, 4) is 0 Å². The molecule has 1 aromatic heterocycles. The number of rotatable bonds is 11. The fourth-order valence-electron chi connectivity index (χ4n) is 5.45. The van der Waals surface area contributed by atoms with Crippen LogP contribution in [0.1, 0.15) is 68.1 Å². The Labute approximate surface area is 226 Å². The van der Waals surface area contributed by atoms with E-state index in [1.165, 1.54) is 29.2 Å². The summed E-state index contributed by atoms with van der Waals surface area (Å²) >= 11 is 0.